The minimum Gasteiger partial charge on any atom is -0.377 e. The Balaban J connectivity index is 3.68. The highest BCUT2D eigenvalue weighted by Crippen LogP contribution is 1.99. The molecule has 0 rings (SSSR count). The Bertz CT molecular complexity index is 136. The van der Waals surface area contributed by atoms with Gasteiger partial charge in [0.1, 0.15) is 0 Å². The molecule has 0 heterocycles. The van der Waals surface area contributed by atoms with Crippen LogP contribution in [0, 0.1) is 0 Å². The molecule has 0 fully saturated rings. The Hall–Kier alpha value is -0.120. The minimum atomic E-state index is 0.328. The van der Waals surface area contributed by atoms with E-state index in [4.69, 9.17) is 4.74 Å². The number of nitrogens with zero attached hydrogens (tertiary/aromatic N) is 1. The van der Waals surface area contributed by atoms with Gasteiger partial charge in [-0.2, -0.15) is 0 Å². The van der Waals surface area contributed by atoms with Crippen molar-refractivity contribution in [3.8, 4) is 0 Å². The Kier molecular flexibility index (Phi) is 9.06. The van der Waals surface area contributed by atoms with Crippen LogP contribution in [0.1, 0.15) is 34.1 Å². The van der Waals surface area contributed by atoms with Gasteiger partial charge in [0.2, 0.25) is 0 Å². The van der Waals surface area contributed by atoms with Crippen molar-refractivity contribution in [2.45, 2.75) is 46.3 Å². The molecule has 0 spiro atoms. The molecule has 0 bridgehead atoms. The van der Waals surface area contributed by atoms with E-state index < -0.39 is 0 Å². The SMILES string of the molecule is CCN(CC)CCC(COC(C)C)NC. The fourth-order valence-electron chi connectivity index (χ4n) is 1.50. The summed E-state index contributed by atoms with van der Waals surface area (Å²) in [6.07, 6.45) is 1.49. The van der Waals surface area contributed by atoms with Crippen LogP contribution >= 0.6 is 0 Å². The summed E-state index contributed by atoms with van der Waals surface area (Å²) >= 11 is 0. The minimum absolute atomic E-state index is 0.328. The molecule has 0 saturated heterocycles. The third-order valence-corrected chi connectivity index (χ3v) is 2.73. The lowest BCUT2D eigenvalue weighted by atomic mass is 10.2. The van der Waals surface area contributed by atoms with Crippen molar-refractivity contribution in [1.82, 2.24) is 10.2 Å². The number of hydrogen-bond acceptors (Lipinski definition) is 3. The first-order chi connectivity index (χ1) is 7.13. The molecule has 0 aromatic carbocycles. The normalized spacial score (nSPS) is 13.8. The maximum Gasteiger partial charge on any atom is 0.0623 e. The van der Waals surface area contributed by atoms with E-state index >= 15 is 0 Å². The van der Waals surface area contributed by atoms with Gasteiger partial charge in [0.15, 0.2) is 0 Å². The van der Waals surface area contributed by atoms with Crippen molar-refractivity contribution < 1.29 is 4.74 Å². The van der Waals surface area contributed by atoms with Crippen molar-refractivity contribution in [1.29, 1.82) is 0 Å². The van der Waals surface area contributed by atoms with E-state index in [0.29, 0.717) is 12.1 Å². The monoisotopic (exact) mass is 216 g/mol. The van der Waals surface area contributed by atoms with Crippen LogP contribution in [0.15, 0.2) is 0 Å². The molecular weight excluding hydrogens is 188 g/mol. The van der Waals surface area contributed by atoms with Crippen LogP contribution in [0.5, 0.6) is 0 Å². The number of rotatable bonds is 9. The fraction of sp³-hybridized carbons (Fsp3) is 1.00. The molecule has 0 aromatic heterocycles. The molecule has 0 radical (unpaired) electrons. The summed E-state index contributed by atoms with van der Waals surface area (Å²) < 4.78 is 5.61. The van der Waals surface area contributed by atoms with Gasteiger partial charge in [-0.25, -0.2) is 0 Å². The van der Waals surface area contributed by atoms with E-state index in [0.717, 1.165) is 32.7 Å². The third kappa shape index (κ3) is 7.77. The largest absolute Gasteiger partial charge is 0.377 e. The number of hydrogen-bond donors (Lipinski definition) is 1. The predicted molar refractivity (Wildman–Crippen MR) is 66.3 cm³/mol. The zero-order valence-electron chi connectivity index (χ0n) is 11.0. The highest BCUT2D eigenvalue weighted by atomic mass is 16.5. The molecule has 92 valence electrons. The van der Waals surface area contributed by atoms with E-state index in [-0.39, 0.29) is 0 Å². The van der Waals surface area contributed by atoms with Gasteiger partial charge in [0, 0.05) is 6.04 Å². The van der Waals surface area contributed by atoms with Gasteiger partial charge in [-0.05, 0) is 47.0 Å². The molecule has 0 aliphatic carbocycles. The second-order valence-corrected chi connectivity index (χ2v) is 4.18. The van der Waals surface area contributed by atoms with Gasteiger partial charge in [0.05, 0.1) is 12.7 Å². The van der Waals surface area contributed by atoms with Gasteiger partial charge in [0.25, 0.3) is 0 Å². The van der Waals surface area contributed by atoms with Crippen molar-refractivity contribution in [3.63, 3.8) is 0 Å². The lowest BCUT2D eigenvalue weighted by molar-refractivity contribution is 0.0589. The zero-order chi connectivity index (χ0) is 11.7. The second-order valence-electron chi connectivity index (χ2n) is 4.18. The summed E-state index contributed by atoms with van der Waals surface area (Å²) in [5.41, 5.74) is 0. The molecule has 3 nitrogen and oxygen atoms in total. The first-order valence-electron chi connectivity index (χ1n) is 6.15. The summed E-state index contributed by atoms with van der Waals surface area (Å²) in [6.45, 7) is 12.8. The Morgan fingerprint density at radius 1 is 1.20 bits per heavy atom. The summed E-state index contributed by atoms with van der Waals surface area (Å²) in [6, 6.07) is 0.480. The molecule has 0 aromatic rings. The van der Waals surface area contributed by atoms with Crippen LogP contribution in [0.25, 0.3) is 0 Å². The molecule has 0 saturated carbocycles. The van der Waals surface area contributed by atoms with E-state index in [2.05, 4.69) is 37.9 Å². The lowest BCUT2D eigenvalue weighted by Crippen LogP contribution is -2.36. The molecular formula is C12H28N2O. The average molecular weight is 216 g/mol. The Morgan fingerprint density at radius 3 is 2.20 bits per heavy atom. The molecule has 1 atom stereocenters. The topological polar surface area (TPSA) is 24.5 Å². The maximum atomic E-state index is 5.61. The molecule has 0 aliphatic heterocycles. The molecule has 15 heavy (non-hydrogen) atoms. The van der Waals surface area contributed by atoms with Crippen LogP contribution in [-0.4, -0.2) is 50.3 Å². The molecule has 1 unspecified atom stereocenters. The molecule has 0 amide bonds. The third-order valence-electron chi connectivity index (χ3n) is 2.73. The van der Waals surface area contributed by atoms with Crippen LogP contribution in [0.3, 0.4) is 0 Å². The highest BCUT2D eigenvalue weighted by molar-refractivity contribution is 4.66. The summed E-state index contributed by atoms with van der Waals surface area (Å²) in [5.74, 6) is 0. The predicted octanol–water partition coefficient (Wildman–Crippen LogP) is 1.73. The summed E-state index contributed by atoms with van der Waals surface area (Å²) in [7, 11) is 2.01. The summed E-state index contributed by atoms with van der Waals surface area (Å²) in [5, 5.41) is 3.31. The maximum absolute atomic E-state index is 5.61. The van der Waals surface area contributed by atoms with E-state index in [9.17, 15) is 0 Å². The van der Waals surface area contributed by atoms with Gasteiger partial charge >= 0.3 is 0 Å². The molecule has 3 heteroatoms. The molecule has 1 N–H and O–H groups in total. The first-order valence-corrected chi connectivity index (χ1v) is 6.15. The van der Waals surface area contributed by atoms with Crippen LogP contribution in [0.4, 0.5) is 0 Å². The van der Waals surface area contributed by atoms with E-state index in [1.807, 2.05) is 7.05 Å². The molecule has 0 aliphatic rings. The average Bonchev–Trinajstić information content (AvgIpc) is 2.23. The second kappa shape index (κ2) is 9.13. The van der Waals surface area contributed by atoms with Crippen LogP contribution in [0.2, 0.25) is 0 Å². The highest BCUT2D eigenvalue weighted by Gasteiger charge is 2.09. The lowest BCUT2D eigenvalue weighted by Gasteiger charge is -2.23. The van der Waals surface area contributed by atoms with Crippen LogP contribution < -0.4 is 5.32 Å². The zero-order valence-corrected chi connectivity index (χ0v) is 11.0. The number of likely N-dealkylation sites (N-methyl/N-ethyl adjacent to an activating group) is 1. The number of nitrogens with one attached hydrogen (secondary N) is 1. The first kappa shape index (κ1) is 14.9. The van der Waals surface area contributed by atoms with Crippen molar-refractivity contribution >= 4 is 0 Å². The quantitative estimate of drug-likeness (QED) is 0.635. The Labute approximate surface area is 95.2 Å². The van der Waals surface area contributed by atoms with Gasteiger partial charge in [-0.1, -0.05) is 13.8 Å². The van der Waals surface area contributed by atoms with Crippen LogP contribution in [-0.2, 0) is 4.74 Å². The Morgan fingerprint density at radius 2 is 1.80 bits per heavy atom. The van der Waals surface area contributed by atoms with Crippen molar-refractivity contribution in [2.75, 3.05) is 33.3 Å². The fourth-order valence-corrected chi connectivity index (χ4v) is 1.50. The van der Waals surface area contributed by atoms with Crippen molar-refractivity contribution in [2.24, 2.45) is 0 Å². The van der Waals surface area contributed by atoms with Gasteiger partial charge < -0.3 is 15.0 Å². The van der Waals surface area contributed by atoms with Gasteiger partial charge in [-0.3, -0.25) is 0 Å². The van der Waals surface area contributed by atoms with E-state index in [1.165, 1.54) is 0 Å². The number of ether oxygens (including phenoxy) is 1. The summed E-state index contributed by atoms with van der Waals surface area (Å²) in [4.78, 5) is 2.44. The van der Waals surface area contributed by atoms with E-state index in [1.54, 1.807) is 0 Å². The smallest absolute Gasteiger partial charge is 0.0623 e. The van der Waals surface area contributed by atoms with Gasteiger partial charge in [-0.15, -0.1) is 0 Å². The van der Waals surface area contributed by atoms with Crippen molar-refractivity contribution in [3.05, 3.63) is 0 Å². The standard InChI is InChI=1S/C12H28N2O/c1-6-14(7-2)9-8-12(13-5)10-15-11(3)4/h11-13H,6-10H2,1-5H3.